The number of aromatic nitrogens is 1. The molecule has 1 N–H and O–H groups in total. The molecular weight excluding hydrogens is 390 g/mol. The Balaban J connectivity index is 1.52. The predicted octanol–water partition coefficient (Wildman–Crippen LogP) is 1.94. The third-order valence-electron chi connectivity index (χ3n) is 4.32. The van der Waals surface area contributed by atoms with Crippen molar-refractivity contribution in [3.05, 3.63) is 50.7 Å². The first-order chi connectivity index (χ1) is 13.3. The number of non-ortho nitro benzene ring substituents is 1. The van der Waals surface area contributed by atoms with E-state index in [4.69, 9.17) is 16.1 Å². The molecule has 148 valence electrons. The van der Waals surface area contributed by atoms with Gasteiger partial charge in [-0.2, -0.15) is 0 Å². The molecule has 2 amide bonds. The Kier molecular flexibility index (Phi) is 5.90. The standard InChI is InChI=1S/C17H18ClN5O5/c1-11-8-15(20-28-11)19-16(24)10-21-4-6-22(7-5-21)17(25)13-3-2-12(23(26)27)9-14(13)18/h2-3,8-9H,4-7,10H2,1H3,(H,19,20,24). The lowest BCUT2D eigenvalue weighted by molar-refractivity contribution is -0.384. The van der Waals surface area contributed by atoms with Crippen LogP contribution in [0.2, 0.25) is 5.02 Å². The van der Waals surface area contributed by atoms with E-state index in [1.54, 1.807) is 17.9 Å². The van der Waals surface area contributed by atoms with E-state index in [0.717, 1.165) is 0 Å². The van der Waals surface area contributed by atoms with E-state index in [0.29, 0.717) is 37.8 Å². The van der Waals surface area contributed by atoms with Gasteiger partial charge in [-0.25, -0.2) is 0 Å². The van der Waals surface area contributed by atoms with Crippen LogP contribution in [0, 0.1) is 17.0 Å². The number of rotatable bonds is 5. The summed E-state index contributed by atoms with van der Waals surface area (Å²) in [5.74, 6) is 0.463. The molecule has 0 unspecified atom stereocenters. The molecule has 0 aliphatic carbocycles. The Morgan fingerprint density at radius 2 is 2.00 bits per heavy atom. The third-order valence-corrected chi connectivity index (χ3v) is 4.63. The lowest BCUT2D eigenvalue weighted by Gasteiger charge is -2.34. The fourth-order valence-electron chi connectivity index (χ4n) is 2.88. The van der Waals surface area contributed by atoms with Crippen LogP contribution >= 0.6 is 11.6 Å². The highest BCUT2D eigenvalue weighted by Gasteiger charge is 2.25. The number of carbonyl (C=O) groups excluding carboxylic acids is 2. The molecule has 28 heavy (non-hydrogen) atoms. The normalized spacial score (nSPS) is 14.7. The van der Waals surface area contributed by atoms with E-state index >= 15 is 0 Å². The summed E-state index contributed by atoms with van der Waals surface area (Å²) >= 11 is 6.03. The molecule has 2 heterocycles. The molecule has 11 heteroatoms. The molecule has 1 fully saturated rings. The van der Waals surface area contributed by atoms with Gasteiger partial charge < -0.3 is 14.7 Å². The van der Waals surface area contributed by atoms with Gasteiger partial charge in [-0.1, -0.05) is 16.8 Å². The molecule has 1 aliphatic heterocycles. The second kappa shape index (κ2) is 8.36. The molecular formula is C17H18ClN5O5. The average molecular weight is 408 g/mol. The molecule has 3 rings (SSSR count). The molecule has 0 radical (unpaired) electrons. The number of piperazine rings is 1. The van der Waals surface area contributed by atoms with Gasteiger partial charge in [-0.05, 0) is 13.0 Å². The lowest BCUT2D eigenvalue weighted by Crippen LogP contribution is -2.50. The Morgan fingerprint density at radius 1 is 1.29 bits per heavy atom. The topological polar surface area (TPSA) is 122 Å². The minimum atomic E-state index is -0.565. The van der Waals surface area contributed by atoms with Crippen LogP contribution in [0.5, 0.6) is 0 Å². The smallest absolute Gasteiger partial charge is 0.270 e. The number of benzene rings is 1. The van der Waals surface area contributed by atoms with Crippen molar-refractivity contribution >= 4 is 34.9 Å². The monoisotopic (exact) mass is 407 g/mol. The van der Waals surface area contributed by atoms with Gasteiger partial charge in [0.05, 0.1) is 22.1 Å². The number of aryl methyl sites for hydroxylation is 1. The molecule has 10 nitrogen and oxygen atoms in total. The maximum Gasteiger partial charge on any atom is 0.270 e. The second-order valence-corrected chi connectivity index (χ2v) is 6.77. The van der Waals surface area contributed by atoms with Crippen LogP contribution in [0.15, 0.2) is 28.8 Å². The largest absolute Gasteiger partial charge is 0.360 e. The van der Waals surface area contributed by atoms with E-state index in [9.17, 15) is 19.7 Å². The zero-order valence-corrected chi connectivity index (χ0v) is 15.8. The van der Waals surface area contributed by atoms with Crippen LogP contribution in [0.4, 0.5) is 11.5 Å². The highest BCUT2D eigenvalue weighted by atomic mass is 35.5. The van der Waals surface area contributed by atoms with Crippen molar-refractivity contribution in [3.63, 3.8) is 0 Å². The van der Waals surface area contributed by atoms with Crippen LogP contribution in [-0.2, 0) is 4.79 Å². The minimum absolute atomic E-state index is 0.0453. The van der Waals surface area contributed by atoms with E-state index < -0.39 is 4.92 Å². The SMILES string of the molecule is Cc1cc(NC(=O)CN2CCN(C(=O)c3ccc([N+](=O)[O-])cc3Cl)CC2)no1. The number of anilines is 1. The molecule has 2 aromatic rings. The molecule has 0 atom stereocenters. The number of carbonyl (C=O) groups is 2. The van der Waals surface area contributed by atoms with Gasteiger partial charge in [0.2, 0.25) is 5.91 Å². The summed E-state index contributed by atoms with van der Waals surface area (Å²) in [5, 5.41) is 17.2. The van der Waals surface area contributed by atoms with Crippen LogP contribution < -0.4 is 5.32 Å². The number of nitro benzene ring substituents is 1. The van der Waals surface area contributed by atoms with Crippen LogP contribution in [0.3, 0.4) is 0 Å². The summed E-state index contributed by atoms with van der Waals surface area (Å²) in [4.78, 5) is 38.4. The number of halogens is 1. The van der Waals surface area contributed by atoms with Gasteiger partial charge in [-0.15, -0.1) is 0 Å². The highest BCUT2D eigenvalue weighted by molar-refractivity contribution is 6.34. The summed E-state index contributed by atoms with van der Waals surface area (Å²) in [7, 11) is 0. The van der Waals surface area contributed by atoms with Gasteiger partial charge in [-0.3, -0.25) is 24.6 Å². The van der Waals surface area contributed by atoms with Crippen LogP contribution in [-0.4, -0.2) is 64.4 Å². The second-order valence-electron chi connectivity index (χ2n) is 6.36. The molecule has 1 saturated heterocycles. The van der Waals surface area contributed by atoms with Crippen molar-refractivity contribution in [2.24, 2.45) is 0 Å². The zero-order chi connectivity index (χ0) is 20.3. The summed E-state index contributed by atoms with van der Waals surface area (Å²) < 4.78 is 4.90. The number of hydrogen-bond acceptors (Lipinski definition) is 7. The number of nitrogens with one attached hydrogen (secondary N) is 1. The lowest BCUT2D eigenvalue weighted by atomic mass is 10.1. The fraction of sp³-hybridized carbons (Fsp3) is 0.353. The van der Waals surface area contributed by atoms with Crippen molar-refractivity contribution < 1.29 is 19.0 Å². The summed E-state index contributed by atoms with van der Waals surface area (Å²) in [6.45, 7) is 3.77. The maximum absolute atomic E-state index is 12.6. The average Bonchev–Trinajstić information content (AvgIpc) is 3.06. The summed E-state index contributed by atoms with van der Waals surface area (Å²) in [6.07, 6.45) is 0. The molecule has 0 saturated carbocycles. The summed E-state index contributed by atoms with van der Waals surface area (Å²) in [5.41, 5.74) is 0.0551. The Hall–Kier alpha value is -2.98. The number of hydrogen-bond donors (Lipinski definition) is 1. The van der Waals surface area contributed by atoms with Crippen molar-refractivity contribution in [2.45, 2.75) is 6.92 Å². The van der Waals surface area contributed by atoms with Gasteiger partial charge in [0.15, 0.2) is 5.82 Å². The fourth-order valence-corrected chi connectivity index (χ4v) is 3.14. The minimum Gasteiger partial charge on any atom is -0.360 e. The molecule has 1 aromatic heterocycles. The van der Waals surface area contributed by atoms with E-state index in [-0.39, 0.29) is 34.6 Å². The first-order valence-electron chi connectivity index (χ1n) is 8.52. The summed E-state index contributed by atoms with van der Waals surface area (Å²) in [6, 6.07) is 5.41. The Labute approximate surface area is 165 Å². The Bertz CT molecular complexity index is 907. The number of nitrogens with zero attached hydrogens (tertiary/aromatic N) is 4. The number of nitro groups is 1. The van der Waals surface area contributed by atoms with E-state index in [1.807, 2.05) is 4.90 Å². The maximum atomic E-state index is 12.6. The third kappa shape index (κ3) is 4.65. The van der Waals surface area contributed by atoms with Crippen LogP contribution in [0.25, 0.3) is 0 Å². The van der Waals surface area contributed by atoms with Gasteiger partial charge >= 0.3 is 0 Å². The van der Waals surface area contributed by atoms with Gasteiger partial charge in [0, 0.05) is 44.4 Å². The molecule has 1 aliphatic rings. The number of amides is 2. The Morgan fingerprint density at radius 3 is 2.57 bits per heavy atom. The molecule has 0 spiro atoms. The van der Waals surface area contributed by atoms with Crippen molar-refractivity contribution in [2.75, 3.05) is 38.0 Å². The highest BCUT2D eigenvalue weighted by Crippen LogP contribution is 2.24. The van der Waals surface area contributed by atoms with Crippen LogP contribution in [0.1, 0.15) is 16.1 Å². The van der Waals surface area contributed by atoms with E-state index in [2.05, 4.69) is 10.5 Å². The zero-order valence-electron chi connectivity index (χ0n) is 15.1. The van der Waals surface area contributed by atoms with Gasteiger partial charge in [0.1, 0.15) is 5.76 Å². The van der Waals surface area contributed by atoms with Crippen molar-refractivity contribution in [3.8, 4) is 0 Å². The first-order valence-corrected chi connectivity index (χ1v) is 8.90. The predicted molar refractivity (Wildman–Crippen MR) is 100 cm³/mol. The first kappa shape index (κ1) is 19.8. The van der Waals surface area contributed by atoms with Crippen molar-refractivity contribution in [1.82, 2.24) is 15.0 Å². The van der Waals surface area contributed by atoms with Gasteiger partial charge in [0.25, 0.3) is 11.6 Å². The van der Waals surface area contributed by atoms with Crippen molar-refractivity contribution in [1.29, 1.82) is 0 Å². The molecule has 1 aromatic carbocycles. The van der Waals surface area contributed by atoms with E-state index in [1.165, 1.54) is 18.2 Å². The molecule has 0 bridgehead atoms. The quantitative estimate of drug-likeness (QED) is 0.593.